The van der Waals surface area contributed by atoms with E-state index in [4.69, 9.17) is 4.74 Å². The molecule has 28 heavy (non-hydrogen) atoms. The number of imidazole rings is 1. The lowest BCUT2D eigenvalue weighted by molar-refractivity contribution is 0.102. The number of nitrogens with zero attached hydrogens (tertiary/aromatic N) is 1. The Morgan fingerprint density at radius 2 is 2.11 bits per heavy atom. The maximum absolute atomic E-state index is 12.7. The Morgan fingerprint density at radius 1 is 1.21 bits per heavy atom. The predicted octanol–water partition coefficient (Wildman–Crippen LogP) is 2.47. The molecule has 2 heterocycles. The zero-order valence-electron chi connectivity index (χ0n) is 15.5. The lowest BCUT2D eigenvalue weighted by Crippen LogP contribution is -2.17. The Bertz CT molecular complexity index is 1110. The first-order valence-corrected chi connectivity index (χ1v) is 9.68. The van der Waals surface area contributed by atoms with Gasteiger partial charge in [0.25, 0.3) is 5.91 Å². The van der Waals surface area contributed by atoms with Crippen molar-refractivity contribution < 1.29 is 9.53 Å². The van der Waals surface area contributed by atoms with Crippen molar-refractivity contribution in [1.82, 2.24) is 14.9 Å². The Hall–Kier alpha value is -3.06. The van der Waals surface area contributed by atoms with Gasteiger partial charge >= 0.3 is 5.69 Å². The number of amides is 1. The molecule has 7 nitrogen and oxygen atoms in total. The molecule has 3 aromatic rings. The fourth-order valence-electron chi connectivity index (χ4n) is 3.62. The van der Waals surface area contributed by atoms with Crippen LogP contribution in [0.3, 0.4) is 0 Å². The minimum absolute atomic E-state index is 0.115. The molecule has 1 amide bonds. The molecular weight excluding hydrogens is 356 g/mol. The van der Waals surface area contributed by atoms with Crippen molar-refractivity contribution in [2.75, 3.05) is 18.5 Å². The lowest BCUT2D eigenvalue weighted by Gasteiger charge is -2.10. The number of nitrogens with one attached hydrogen (secondary N) is 3. The third-order valence-electron chi connectivity index (χ3n) is 5.35. The largest absolute Gasteiger partial charge is 0.492 e. The van der Waals surface area contributed by atoms with Gasteiger partial charge in [0.1, 0.15) is 12.4 Å². The zero-order valence-corrected chi connectivity index (χ0v) is 15.5. The van der Waals surface area contributed by atoms with E-state index in [1.807, 2.05) is 24.3 Å². The van der Waals surface area contributed by atoms with E-state index >= 15 is 0 Å². The first-order valence-electron chi connectivity index (χ1n) is 9.68. The molecule has 1 saturated carbocycles. The number of aromatic amines is 1. The van der Waals surface area contributed by atoms with Crippen molar-refractivity contribution in [3.8, 4) is 5.75 Å². The van der Waals surface area contributed by atoms with E-state index in [1.165, 1.54) is 12.8 Å². The summed E-state index contributed by atoms with van der Waals surface area (Å²) in [5.74, 6) is 1.18. The van der Waals surface area contributed by atoms with E-state index in [1.54, 1.807) is 16.7 Å². The summed E-state index contributed by atoms with van der Waals surface area (Å²) < 4.78 is 7.50. The zero-order chi connectivity index (χ0) is 19.1. The van der Waals surface area contributed by atoms with Crippen LogP contribution in [0.15, 0.2) is 41.2 Å². The van der Waals surface area contributed by atoms with Gasteiger partial charge in [0.05, 0.1) is 11.0 Å². The van der Waals surface area contributed by atoms with Crippen molar-refractivity contribution in [2.24, 2.45) is 5.92 Å². The van der Waals surface area contributed by atoms with Crippen LogP contribution in [0, 0.1) is 5.92 Å². The van der Waals surface area contributed by atoms with Gasteiger partial charge in [-0.2, -0.15) is 0 Å². The molecular formula is C21H22N4O3. The number of hydrogen-bond acceptors (Lipinski definition) is 4. The second kappa shape index (κ2) is 6.83. The summed E-state index contributed by atoms with van der Waals surface area (Å²) in [6.45, 7) is 2.90. The normalized spacial score (nSPS) is 16.3. The molecule has 1 fully saturated rings. The summed E-state index contributed by atoms with van der Waals surface area (Å²) in [6.07, 6.45) is 2.36. The molecule has 0 spiro atoms. The summed E-state index contributed by atoms with van der Waals surface area (Å²) in [7, 11) is 0. The highest BCUT2D eigenvalue weighted by Crippen LogP contribution is 2.31. The summed E-state index contributed by atoms with van der Waals surface area (Å²) >= 11 is 0. The van der Waals surface area contributed by atoms with Crippen LogP contribution in [0.1, 0.15) is 28.8 Å². The van der Waals surface area contributed by atoms with Crippen molar-refractivity contribution >= 4 is 22.6 Å². The molecule has 144 valence electrons. The number of rotatable bonds is 4. The average molecular weight is 378 g/mol. The van der Waals surface area contributed by atoms with Crippen molar-refractivity contribution in [3.63, 3.8) is 0 Å². The van der Waals surface area contributed by atoms with Crippen LogP contribution in [-0.4, -0.2) is 28.6 Å². The minimum atomic E-state index is -0.218. The van der Waals surface area contributed by atoms with E-state index in [0.717, 1.165) is 36.5 Å². The van der Waals surface area contributed by atoms with Crippen molar-refractivity contribution in [3.05, 3.63) is 58.0 Å². The van der Waals surface area contributed by atoms with Gasteiger partial charge < -0.3 is 20.4 Å². The van der Waals surface area contributed by atoms with Crippen LogP contribution in [0.2, 0.25) is 0 Å². The maximum atomic E-state index is 12.7. The Morgan fingerprint density at radius 3 is 2.96 bits per heavy atom. The molecule has 2 aromatic carbocycles. The number of H-pyrrole nitrogens is 1. The molecule has 2 aliphatic rings. The molecule has 1 aromatic heterocycles. The highest BCUT2D eigenvalue weighted by molar-refractivity contribution is 6.06. The molecule has 0 saturated heterocycles. The topological polar surface area (TPSA) is 88.2 Å². The van der Waals surface area contributed by atoms with Crippen LogP contribution in [0.4, 0.5) is 5.69 Å². The number of aromatic nitrogens is 2. The van der Waals surface area contributed by atoms with E-state index < -0.39 is 0 Å². The molecule has 0 bridgehead atoms. The Kier molecular flexibility index (Phi) is 4.16. The number of hydrogen-bond donors (Lipinski definition) is 3. The Labute approximate surface area is 161 Å². The third kappa shape index (κ3) is 3.29. The molecule has 1 aliphatic heterocycles. The molecule has 3 N–H and O–H groups in total. The molecule has 0 atom stereocenters. The number of benzene rings is 2. The van der Waals surface area contributed by atoms with Gasteiger partial charge in [-0.05, 0) is 43.0 Å². The van der Waals surface area contributed by atoms with E-state index in [2.05, 4.69) is 15.6 Å². The summed E-state index contributed by atoms with van der Waals surface area (Å²) in [4.78, 5) is 27.8. The maximum Gasteiger partial charge on any atom is 0.326 e. The van der Waals surface area contributed by atoms with Crippen molar-refractivity contribution in [1.29, 1.82) is 0 Å². The van der Waals surface area contributed by atoms with Crippen LogP contribution in [-0.2, 0) is 13.1 Å². The molecule has 7 heteroatoms. The van der Waals surface area contributed by atoms with Crippen LogP contribution < -0.4 is 21.1 Å². The van der Waals surface area contributed by atoms with Gasteiger partial charge in [-0.25, -0.2) is 4.79 Å². The molecule has 0 radical (unpaired) electrons. The molecule has 0 unspecified atom stereocenters. The van der Waals surface area contributed by atoms with Gasteiger partial charge in [0, 0.05) is 42.5 Å². The highest BCUT2D eigenvalue weighted by atomic mass is 16.5. The van der Waals surface area contributed by atoms with Gasteiger partial charge in [0.15, 0.2) is 0 Å². The minimum Gasteiger partial charge on any atom is -0.492 e. The van der Waals surface area contributed by atoms with Gasteiger partial charge in [-0.15, -0.1) is 0 Å². The number of carbonyl (C=O) groups is 1. The number of fused-ring (bicyclic) bond motifs is 2. The first-order chi connectivity index (χ1) is 13.7. The summed E-state index contributed by atoms with van der Waals surface area (Å²) in [6, 6.07) is 11.0. The van der Waals surface area contributed by atoms with Crippen LogP contribution >= 0.6 is 0 Å². The number of anilines is 1. The van der Waals surface area contributed by atoms with E-state index in [0.29, 0.717) is 29.3 Å². The van der Waals surface area contributed by atoms with Crippen molar-refractivity contribution in [2.45, 2.75) is 25.9 Å². The van der Waals surface area contributed by atoms with Crippen LogP contribution in [0.5, 0.6) is 5.75 Å². The highest BCUT2D eigenvalue weighted by Gasteiger charge is 2.23. The van der Waals surface area contributed by atoms with Gasteiger partial charge in [0.2, 0.25) is 0 Å². The fourth-order valence-corrected chi connectivity index (χ4v) is 3.62. The Balaban J connectivity index is 1.38. The molecule has 1 aliphatic carbocycles. The first kappa shape index (κ1) is 17.1. The van der Waals surface area contributed by atoms with Gasteiger partial charge in [-0.1, -0.05) is 6.07 Å². The average Bonchev–Trinajstić information content (AvgIpc) is 3.48. The quantitative estimate of drug-likeness (QED) is 0.651. The monoisotopic (exact) mass is 378 g/mol. The standard InChI is InChI=1S/C21H22N4O3/c26-20(23-16-5-3-15-11-22-7-8-28-19(15)10-16)14-4-6-18-17(9-14)24-21(27)25(18)12-13-1-2-13/h3-6,9-10,13,22H,1-2,7-8,11-12H2,(H,23,26)(H,24,27). The molecule has 5 rings (SSSR count). The summed E-state index contributed by atoms with van der Waals surface area (Å²) in [5, 5.41) is 6.20. The van der Waals surface area contributed by atoms with E-state index in [9.17, 15) is 9.59 Å². The predicted molar refractivity (Wildman–Crippen MR) is 107 cm³/mol. The van der Waals surface area contributed by atoms with Crippen LogP contribution in [0.25, 0.3) is 11.0 Å². The second-order valence-corrected chi connectivity index (χ2v) is 7.52. The smallest absolute Gasteiger partial charge is 0.326 e. The summed E-state index contributed by atoms with van der Waals surface area (Å²) in [5.41, 5.74) is 3.69. The second-order valence-electron chi connectivity index (χ2n) is 7.52. The fraction of sp³-hybridized carbons (Fsp3) is 0.333. The number of ether oxygens (including phenoxy) is 1. The lowest BCUT2D eigenvalue weighted by atomic mass is 10.1. The third-order valence-corrected chi connectivity index (χ3v) is 5.35. The van der Waals surface area contributed by atoms with Gasteiger partial charge in [-0.3, -0.25) is 9.36 Å². The van der Waals surface area contributed by atoms with E-state index in [-0.39, 0.29) is 11.6 Å². The number of carbonyl (C=O) groups excluding carboxylic acids is 1. The SMILES string of the molecule is O=C(Nc1ccc2c(c1)OCCNC2)c1ccc2c(c1)[nH]c(=O)n2CC1CC1.